The van der Waals surface area contributed by atoms with Gasteiger partial charge in [-0.05, 0) is 12.1 Å². The summed E-state index contributed by atoms with van der Waals surface area (Å²) in [7, 11) is 1.87. The maximum atomic E-state index is 14.7. The van der Waals surface area contributed by atoms with E-state index in [4.69, 9.17) is 14.9 Å². The maximum Gasteiger partial charge on any atom is 0.261 e. The first-order valence-electron chi connectivity index (χ1n) is 12.9. The average molecular weight is 555 g/mol. The Kier molecular flexibility index (Phi) is 6.79. The van der Waals surface area contributed by atoms with Crippen LogP contribution in [0.5, 0.6) is 5.75 Å². The van der Waals surface area contributed by atoms with Crippen LogP contribution < -0.4 is 25.6 Å². The first kappa shape index (κ1) is 25.7. The molecule has 0 unspecified atom stereocenters. The van der Waals surface area contributed by atoms with E-state index in [0.29, 0.717) is 75.5 Å². The molecular weight excluding hydrogens is 526 g/mol. The zero-order valence-corrected chi connectivity index (χ0v) is 21.8. The number of benzene rings is 1. The molecule has 1 aromatic carbocycles. The lowest BCUT2D eigenvalue weighted by Gasteiger charge is -2.37. The molecule has 1 atom stereocenters. The first-order chi connectivity index (χ1) is 19.4. The lowest BCUT2D eigenvalue weighted by Crippen LogP contribution is -2.48. The summed E-state index contributed by atoms with van der Waals surface area (Å²) in [6.45, 7) is 4.22. The fraction of sp³-hybridized carbons (Fsp3) is 0.400. The van der Waals surface area contributed by atoms with Crippen molar-refractivity contribution in [2.45, 2.75) is 12.5 Å². The summed E-state index contributed by atoms with van der Waals surface area (Å²) < 4.78 is 41.3. The Morgan fingerprint density at radius 1 is 1.18 bits per heavy atom. The number of carbonyl (C=O) groups is 1. The molecule has 3 aromatic heterocycles. The van der Waals surface area contributed by atoms with Gasteiger partial charge in [-0.1, -0.05) is 0 Å². The molecule has 0 aliphatic carbocycles. The van der Waals surface area contributed by atoms with Crippen molar-refractivity contribution in [3.05, 3.63) is 42.2 Å². The highest BCUT2D eigenvalue weighted by Gasteiger charge is 2.28. The monoisotopic (exact) mass is 554 g/mol. The van der Waals surface area contributed by atoms with Gasteiger partial charge in [-0.2, -0.15) is 19.5 Å². The number of nitrogens with one attached hydrogen (secondary N) is 1. The topological polar surface area (TPSA) is 143 Å². The number of anilines is 3. The lowest BCUT2D eigenvalue weighted by molar-refractivity contribution is -0.125. The van der Waals surface area contributed by atoms with Crippen LogP contribution in [-0.4, -0.2) is 94.3 Å². The van der Waals surface area contributed by atoms with Gasteiger partial charge in [-0.25, -0.2) is 8.78 Å². The molecule has 2 aliphatic rings. The van der Waals surface area contributed by atoms with Crippen LogP contribution in [0.1, 0.15) is 6.42 Å². The third-order valence-corrected chi connectivity index (χ3v) is 7.04. The Balaban J connectivity index is 1.06. The van der Waals surface area contributed by atoms with Gasteiger partial charge in [0, 0.05) is 71.4 Å². The molecule has 0 saturated carbocycles. The summed E-state index contributed by atoms with van der Waals surface area (Å²) in [4.78, 5) is 31.1. The zero-order valence-electron chi connectivity index (χ0n) is 21.8. The number of aromatic nitrogens is 5. The number of hydrogen-bond donors (Lipinski definition) is 2. The standard InChI is InChI=1S/C25H28F2N10O3/c1-34(24-31-23(28)37-25(32-24)30-21(33-37)18-3-2-12-39-18)6-7-35-8-10-36(11-9-35)17-14-20(16(27)13-15(17)26)40-19-4-5-29-22(19)38/h2-3,12-14,19H,4-11H2,1H3,(H,29,38)(H2,28,30,31,32,33)/t19-/m0/s1. The molecule has 4 aromatic rings. The van der Waals surface area contributed by atoms with E-state index in [1.165, 1.54) is 16.8 Å². The van der Waals surface area contributed by atoms with E-state index in [1.807, 2.05) is 16.8 Å². The molecule has 210 valence electrons. The third-order valence-electron chi connectivity index (χ3n) is 7.04. The Hall–Kier alpha value is -4.53. The summed E-state index contributed by atoms with van der Waals surface area (Å²) in [5.41, 5.74) is 6.36. The van der Waals surface area contributed by atoms with Crippen LogP contribution in [0, 0.1) is 11.6 Å². The quantitative estimate of drug-likeness (QED) is 0.324. The van der Waals surface area contributed by atoms with E-state index in [1.54, 1.807) is 12.1 Å². The van der Waals surface area contributed by atoms with Crippen LogP contribution in [0.3, 0.4) is 0 Å². The largest absolute Gasteiger partial charge is 0.477 e. The molecule has 15 heteroatoms. The van der Waals surface area contributed by atoms with E-state index < -0.39 is 17.7 Å². The molecule has 1 amide bonds. The van der Waals surface area contributed by atoms with Gasteiger partial charge in [0.1, 0.15) is 5.82 Å². The minimum absolute atomic E-state index is 0.122. The van der Waals surface area contributed by atoms with Gasteiger partial charge in [0.15, 0.2) is 23.4 Å². The number of nitrogens with two attached hydrogens (primary N) is 1. The van der Waals surface area contributed by atoms with E-state index in [-0.39, 0.29) is 23.3 Å². The summed E-state index contributed by atoms with van der Waals surface area (Å²) in [6, 6.07) is 5.65. The van der Waals surface area contributed by atoms with Crippen molar-refractivity contribution >= 4 is 29.3 Å². The van der Waals surface area contributed by atoms with Crippen molar-refractivity contribution in [2.24, 2.45) is 0 Å². The van der Waals surface area contributed by atoms with Crippen molar-refractivity contribution in [3.8, 4) is 17.3 Å². The van der Waals surface area contributed by atoms with Crippen molar-refractivity contribution < 1.29 is 22.7 Å². The minimum atomic E-state index is -0.827. The summed E-state index contributed by atoms with van der Waals surface area (Å²) in [5, 5.41) is 6.96. The molecule has 0 radical (unpaired) electrons. The number of carbonyl (C=O) groups excluding carboxylic acids is 1. The maximum absolute atomic E-state index is 14.7. The normalized spacial score (nSPS) is 17.9. The van der Waals surface area contributed by atoms with Crippen LogP contribution >= 0.6 is 0 Å². The molecule has 40 heavy (non-hydrogen) atoms. The van der Waals surface area contributed by atoms with Gasteiger partial charge in [0.25, 0.3) is 11.7 Å². The number of amides is 1. The lowest BCUT2D eigenvalue weighted by atomic mass is 10.2. The number of furan rings is 1. The highest BCUT2D eigenvalue weighted by molar-refractivity contribution is 5.83. The van der Waals surface area contributed by atoms with Crippen LogP contribution in [0.25, 0.3) is 17.4 Å². The Morgan fingerprint density at radius 3 is 2.73 bits per heavy atom. The zero-order chi connectivity index (χ0) is 27.8. The Labute approximate surface area is 227 Å². The summed E-state index contributed by atoms with van der Waals surface area (Å²) in [5.74, 6) is -0.154. The predicted octanol–water partition coefficient (Wildman–Crippen LogP) is 1.17. The number of nitrogens with zero attached hydrogens (tertiary/aromatic N) is 8. The molecule has 2 fully saturated rings. The van der Waals surface area contributed by atoms with Crippen LogP contribution in [0.15, 0.2) is 34.9 Å². The van der Waals surface area contributed by atoms with Gasteiger partial charge in [-0.15, -0.1) is 5.10 Å². The summed E-state index contributed by atoms with van der Waals surface area (Å²) in [6.07, 6.45) is 1.20. The van der Waals surface area contributed by atoms with Gasteiger partial charge in [0.2, 0.25) is 17.7 Å². The van der Waals surface area contributed by atoms with Crippen molar-refractivity contribution in [1.82, 2.24) is 34.8 Å². The average Bonchev–Trinajstić information content (AvgIpc) is 3.71. The van der Waals surface area contributed by atoms with Crippen LogP contribution in [0.2, 0.25) is 0 Å². The van der Waals surface area contributed by atoms with E-state index in [0.717, 1.165) is 6.07 Å². The molecule has 2 saturated heterocycles. The number of halogens is 2. The van der Waals surface area contributed by atoms with E-state index >= 15 is 0 Å². The second-order valence-corrected chi connectivity index (χ2v) is 9.68. The minimum Gasteiger partial charge on any atom is -0.477 e. The number of piperazine rings is 1. The number of rotatable bonds is 8. The molecule has 3 N–H and O–H groups in total. The van der Waals surface area contributed by atoms with Crippen molar-refractivity contribution in [2.75, 3.05) is 68.4 Å². The molecule has 5 heterocycles. The van der Waals surface area contributed by atoms with Crippen LogP contribution in [-0.2, 0) is 4.79 Å². The number of fused-ring (bicyclic) bond motifs is 1. The molecule has 0 spiro atoms. The number of nitrogen functional groups attached to an aromatic ring is 1. The van der Waals surface area contributed by atoms with E-state index in [9.17, 15) is 13.6 Å². The molecule has 6 rings (SSSR count). The smallest absolute Gasteiger partial charge is 0.261 e. The van der Waals surface area contributed by atoms with E-state index in [2.05, 4.69) is 30.3 Å². The van der Waals surface area contributed by atoms with Crippen molar-refractivity contribution in [3.63, 3.8) is 0 Å². The second-order valence-electron chi connectivity index (χ2n) is 9.68. The molecule has 2 aliphatic heterocycles. The molecule has 13 nitrogen and oxygen atoms in total. The Morgan fingerprint density at radius 2 is 2.00 bits per heavy atom. The summed E-state index contributed by atoms with van der Waals surface area (Å²) >= 11 is 0. The highest BCUT2D eigenvalue weighted by Crippen LogP contribution is 2.30. The molecule has 0 bridgehead atoms. The Bertz CT molecular complexity index is 1520. The van der Waals surface area contributed by atoms with Gasteiger partial charge >= 0.3 is 0 Å². The van der Waals surface area contributed by atoms with Gasteiger partial charge in [-0.3, -0.25) is 9.69 Å². The fourth-order valence-electron chi connectivity index (χ4n) is 4.77. The van der Waals surface area contributed by atoms with Crippen LogP contribution in [0.4, 0.5) is 26.4 Å². The molecular formula is C25H28F2N10O3. The number of ether oxygens (including phenoxy) is 1. The van der Waals surface area contributed by atoms with Crippen molar-refractivity contribution in [1.29, 1.82) is 0 Å². The third kappa shape index (κ3) is 5.06. The number of hydrogen-bond acceptors (Lipinski definition) is 11. The second kappa shape index (κ2) is 10.6. The first-order valence-corrected chi connectivity index (χ1v) is 12.9. The van der Waals surface area contributed by atoms with Gasteiger partial charge < -0.3 is 30.0 Å². The highest BCUT2D eigenvalue weighted by atomic mass is 19.1. The predicted molar refractivity (Wildman–Crippen MR) is 141 cm³/mol. The number of likely N-dealkylation sites (N-methyl/N-ethyl adjacent to an activating group) is 1. The fourth-order valence-corrected chi connectivity index (χ4v) is 4.77. The van der Waals surface area contributed by atoms with Gasteiger partial charge in [0.05, 0.1) is 12.0 Å². The SMILES string of the molecule is CN(CCN1CCN(c2cc(O[C@H]3CCNC3=O)c(F)cc2F)CC1)c1nc(N)n2nc(-c3ccco3)nc2n1.